The number of likely N-dealkylation sites (tertiary alicyclic amines) is 1. The number of hydrogen-bond acceptors (Lipinski definition) is 5. The Labute approximate surface area is 190 Å². The molecular formula is C23H35N5O4. The zero-order chi connectivity index (χ0) is 22.8. The van der Waals surface area contributed by atoms with Crippen LogP contribution >= 0.6 is 0 Å². The molecule has 2 saturated heterocycles. The number of rotatable bonds is 8. The first-order valence-corrected chi connectivity index (χ1v) is 11.3. The summed E-state index contributed by atoms with van der Waals surface area (Å²) < 4.78 is 11.0. The van der Waals surface area contributed by atoms with Crippen molar-refractivity contribution >= 4 is 17.8 Å². The number of methoxy groups -OCH3 is 1. The molecule has 1 aromatic carbocycles. The zero-order valence-corrected chi connectivity index (χ0v) is 19.1. The van der Waals surface area contributed by atoms with Gasteiger partial charge in [-0.25, -0.2) is 0 Å². The fourth-order valence-corrected chi connectivity index (χ4v) is 3.96. The lowest BCUT2D eigenvalue weighted by atomic mass is 10.1. The third-order valence-electron chi connectivity index (χ3n) is 5.78. The molecule has 2 amide bonds. The maximum atomic E-state index is 12.6. The van der Waals surface area contributed by atoms with Crippen LogP contribution in [0.25, 0.3) is 0 Å². The van der Waals surface area contributed by atoms with E-state index in [0.717, 1.165) is 57.1 Å². The van der Waals surface area contributed by atoms with E-state index in [1.807, 2.05) is 24.3 Å². The van der Waals surface area contributed by atoms with Crippen LogP contribution in [-0.4, -0.2) is 93.8 Å². The molecule has 32 heavy (non-hydrogen) atoms. The molecular weight excluding hydrogens is 410 g/mol. The van der Waals surface area contributed by atoms with Gasteiger partial charge in [-0.3, -0.25) is 14.6 Å². The molecule has 176 valence electrons. The smallest absolute Gasteiger partial charge is 0.254 e. The van der Waals surface area contributed by atoms with Crippen LogP contribution in [0, 0.1) is 0 Å². The summed E-state index contributed by atoms with van der Waals surface area (Å²) in [5, 5.41) is 6.15. The molecule has 2 N–H and O–H groups in total. The van der Waals surface area contributed by atoms with Gasteiger partial charge < -0.3 is 29.9 Å². The average molecular weight is 446 g/mol. The Balaban J connectivity index is 1.43. The highest BCUT2D eigenvalue weighted by Gasteiger charge is 2.23. The molecule has 0 radical (unpaired) electrons. The van der Waals surface area contributed by atoms with E-state index < -0.39 is 0 Å². The highest BCUT2D eigenvalue weighted by atomic mass is 16.5. The van der Waals surface area contributed by atoms with Gasteiger partial charge >= 0.3 is 0 Å². The van der Waals surface area contributed by atoms with E-state index >= 15 is 0 Å². The first kappa shape index (κ1) is 24.0. The Morgan fingerprint density at radius 2 is 1.91 bits per heavy atom. The topological polar surface area (TPSA) is 95.5 Å². The molecule has 0 unspecified atom stereocenters. The summed E-state index contributed by atoms with van der Waals surface area (Å²) in [6, 6.07) is 7.53. The summed E-state index contributed by atoms with van der Waals surface area (Å²) in [5.41, 5.74) is 1.66. The maximum absolute atomic E-state index is 12.6. The van der Waals surface area contributed by atoms with Crippen molar-refractivity contribution in [3.8, 4) is 0 Å². The van der Waals surface area contributed by atoms with Crippen LogP contribution in [0.5, 0.6) is 0 Å². The third-order valence-corrected chi connectivity index (χ3v) is 5.78. The minimum absolute atomic E-state index is 0.109. The number of piperazine rings is 1. The number of carbonyl (C=O) groups excluding carboxylic acids is 2. The van der Waals surface area contributed by atoms with Crippen LogP contribution in [0.2, 0.25) is 0 Å². The van der Waals surface area contributed by atoms with Gasteiger partial charge in [0.05, 0.1) is 12.6 Å². The van der Waals surface area contributed by atoms with Crippen LogP contribution < -0.4 is 10.6 Å². The molecule has 2 aliphatic rings. The lowest BCUT2D eigenvalue weighted by Crippen LogP contribution is -2.49. The zero-order valence-electron chi connectivity index (χ0n) is 19.1. The van der Waals surface area contributed by atoms with Crippen molar-refractivity contribution in [3.05, 3.63) is 35.4 Å². The van der Waals surface area contributed by atoms with Crippen molar-refractivity contribution in [1.82, 2.24) is 20.4 Å². The lowest BCUT2D eigenvalue weighted by Gasteiger charge is -2.34. The summed E-state index contributed by atoms with van der Waals surface area (Å²) in [7, 11) is 3.51. The van der Waals surface area contributed by atoms with E-state index in [4.69, 9.17) is 9.47 Å². The average Bonchev–Trinajstić information content (AvgIpc) is 2.83. The predicted octanol–water partition coefficient (Wildman–Crippen LogP) is 0.852. The summed E-state index contributed by atoms with van der Waals surface area (Å²) >= 11 is 0. The largest absolute Gasteiger partial charge is 0.385 e. The predicted molar refractivity (Wildman–Crippen MR) is 123 cm³/mol. The molecule has 9 heteroatoms. The van der Waals surface area contributed by atoms with Crippen LogP contribution in [0.4, 0.5) is 0 Å². The van der Waals surface area contributed by atoms with E-state index in [2.05, 4.69) is 20.5 Å². The molecule has 0 aromatic heterocycles. The summed E-state index contributed by atoms with van der Waals surface area (Å²) in [4.78, 5) is 32.4. The number of nitrogens with zero attached hydrogens (tertiary/aromatic N) is 3. The highest BCUT2D eigenvalue weighted by molar-refractivity contribution is 5.97. The van der Waals surface area contributed by atoms with Crippen molar-refractivity contribution in [3.63, 3.8) is 0 Å². The summed E-state index contributed by atoms with van der Waals surface area (Å²) in [6.45, 7) is 5.09. The molecule has 0 bridgehead atoms. The molecule has 0 saturated carbocycles. The molecule has 2 heterocycles. The summed E-state index contributed by atoms with van der Waals surface area (Å²) in [6.07, 6.45) is 3.20. The van der Waals surface area contributed by atoms with E-state index in [1.54, 1.807) is 19.1 Å². The fourth-order valence-electron chi connectivity index (χ4n) is 3.96. The van der Waals surface area contributed by atoms with Gasteiger partial charge in [-0.1, -0.05) is 12.1 Å². The van der Waals surface area contributed by atoms with E-state index in [-0.39, 0.29) is 18.4 Å². The van der Waals surface area contributed by atoms with Crippen LogP contribution in [-0.2, 0) is 20.8 Å². The molecule has 2 aliphatic heterocycles. The third kappa shape index (κ3) is 6.93. The molecule has 0 aliphatic carbocycles. The normalized spacial score (nSPS) is 17.9. The Morgan fingerprint density at radius 1 is 1.16 bits per heavy atom. The quantitative estimate of drug-likeness (QED) is 0.350. The molecule has 1 aromatic rings. The second-order valence-electron chi connectivity index (χ2n) is 8.08. The van der Waals surface area contributed by atoms with Crippen LogP contribution in [0.1, 0.15) is 35.2 Å². The molecule has 0 spiro atoms. The van der Waals surface area contributed by atoms with Crippen LogP contribution in [0.3, 0.4) is 0 Å². The van der Waals surface area contributed by atoms with Crippen molar-refractivity contribution in [2.45, 2.75) is 31.9 Å². The molecule has 2 fully saturated rings. The second kappa shape index (κ2) is 12.4. The minimum Gasteiger partial charge on any atom is -0.385 e. The van der Waals surface area contributed by atoms with Crippen molar-refractivity contribution in [1.29, 1.82) is 0 Å². The van der Waals surface area contributed by atoms with Crippen LogP contribution in [0.15, 0.2) is 29.3 Å². The van der Waals surface area contributed by atoms with Gasteiger partial charge in [0.15, 0.2) is 5.96 Å². The number of hydrogen-bond donors (Lipinski definition) is 2. The monoisotopic (exact) mass is 445 g/mol. The SMILES string of the molecule is CN=C(NCc1ccc(C(=O)N2CCNC(=O)C2)cc1)N1CCC(OCCCOC)CC1. The van der Waals surface area contributed by atoms with Crippen molar-refractivity contribution in [2.24, 2.45) is 4.99 Å². The Morgan fingerprint density at radius 3 is 2.56 bits per heavy atom. The van der Waals surface area contributed by atoms with E-state index in [9.17, 15) is 9.59 Å². The number of benzene rings is 1. The standard InChI is InChI=1S/C23H35N5O4/c1-24-23(27-11-8-20(9-12-27)32-15-3-14-31-2)26-16-18-4-6-19(7-5-18)22(30)28-13-10-25-21(29)17-28/h4-7,20H,3,8-17H2,1-2H3,(H,24,26)(H,25,29). The number of piperidine rings is 1. The number of amides is 2. The number of ether oxygens (including phenoxy) is 2. The Bertz CT molecular complexity index is 775. The summed E-state index contributed by atoms with van der Waals surface area (Å²) in [5.74, 6) is 0.656. The van der Waals surface area contributed by atoms with E-state index in [1.165, 1.54) is 0 Å². The minimum atomic E-state index is -0.113. The number of carbonyl (C=O) groups is 2. The Kier molecular flexibility index (Phi) is 9.30. The van der Waals surface area contributed by atoms with Crippen molar-refractivity contribution < 1.29 is 19.1 Å². The van der Waals surface area contributed by atoms with Gasteiger partial charge in [0.2, 0.25) is 5.91 Å². The number of aliphatic imine (C=N–C) groups is 1. The van der Waals surface area contributed by atoms with Gasteiger partial charge in [0, 0.05) is 65.7 Å². The number of guanidine groups is 1. The van der Waals surface area contributed by atoms with Gasteiger partial charge in [-0.15, -0.1) is 0 Å². The maximum Gasteiger partial charge on any atom is 0.254 e. The van der Waals surface area contributed by atoms with Gasteiger partial charge in [-0.2, -0.15) is 0 Å². The van der Waals surface area contributed by atoms with Gasteiger partial charge in [0.1, 0.15) is 0 Å². The second-order valence-corrected chi connectivity index (χ2v) is 8.08. The molecule has 9 nitrogen and oxygen atoms in total. The van der Waals surface area contributed by atoms with E-state index in [0.29, 0.717) is 31.3 Å². The fraction of sp³-hybridized carbons (Fsp3) is 0.609. The molecule has 0 atom stereocenters. The first-order valence-electron chi connectivity index (χ1n) is 11.3. The van der Waals surface area contributed by atoms with Gasteiger partial charge in [-0.05, 0) is 37.0 Å². The molecule has 3 rings (SSSR count). The Hall–Kier alpha value is -2.65. The van der Waals surface area contributed by atoms with Crippen molar-refractivity contribution in [2.75, 3.05) is 60.1 Å². The number of nitrogens with one attached hydrogen (secondary N) is 2. The lowest BCUT2D eigenvalue weighted by molar-refractivity contribution is -0.123. The van der Waals surface area contributed by atoms with Gasteiger partial charge in [0.25, 0.3) is 5.91 Å². The first-order chi connectivity index (χ1) is 15.6. The highest BCUT2D eigenvalue weighted by Crippen LogP contribution is 2.15.